The number of β-amino-alcohol motifs (C(OH)–C–C–N with tert-alkyl or cyclic N) is 1. The Morgan fingerprint density at radius 3 is 3.00 bits per heavy atom. The van der Waals surface area contributed by atoms with Gasteiger partial charge in [-0.25, -0.2) is 0 Å². The molecule has 20 heavy (non-hydrogen) atoms. The van der Waals surface area contributed by atoms with Gasteiger partial charge in [0.15, 0.2) is 5.60 Å². The van der Waals surface area contributed by atoms with E-state index < -0.39 is 11.5 Å². The van der Waals surface area contributed by atoms with Crippen LogP contribution in [0, 0.1) is 11.3 Å². The third-order valence-electron chi connectivity index (χ3n) is 3.36. The first-order chi connectivity index (χ1) is 9.59. The monoisotopic (exact) mass is 275 g/mol. The summed E-state index contributed by atoms with van der Waals surface area (Å²) in [6, 6.07) is 6.77. The number of nitrogens with one attached hydrogen (secondary N) is 2. The Morgan fingerprint density at radius 2 is 2.40 bits per heavy atom. The second-order valence-electron chi connectivity index (χ2n) is 4.79. The van der Waals surface area contributed by atoms with Gasteiger partial charge in [-0.1, -0.05) is 0 Å². The molecule has 3 N–H and O–H groups in total. The van der Waals surface area contributed by atoms with Crippen LogP contribution >= 0.6 is 0 Å². The molecule has 1 aromatic rings. The molecule has 1 fully saturated rings. The van der Waals surface area contributed by atoms with Gasteiger partial charge in [0, 0.05) is 12.2 Å². The first-order valence-electron chi connectivity index (χ1n) is 6.42. The maximum atomic E-state index is 12.1. The van der Waals surface area contributed by atoms with Crippen LogP contribution in [-0.2, 0) is 4.79 Å². The number of methoxy groups -OCH3 is 1. The molecule has 2 rings (SSSR count). The van der Waals surface area contributed by atoms with Crippen LogP contribution in [0.25, 0.3) is 0 Å². The predicted octanol–water partition coefficient (Wildman–Crippen LogP) is 0.620. The molecule has 0 bridgehead atoms. The lowest BCUT2D eigenvalue weighted by Gasteiger charge is -2.31. The highest BCUT2D eigenvalue weighted by molar-refractivity contribution is 5.97. The van der Waals surface area contributed by atoms with Crippen LogP contribution in [0.1, 0.15) is 18.4 Å². The van der Waals surface area contributed by atoms with Crippen LogP contribution in [0.2, 0.25) is 0 Å². The quantitative estimate of drug-likeness (QED) is 0.751. The third-order valence-corrected chi connectivity index (χ3v) is 3.36. The second kappa shape index (κ2) is 5.90. The normalized spacial score (nSPS) is 21.9. The zero-order valence-electron chi connectivity index (χ0n) is 11.3. The van der Waals surface area contributed by atoms with Gasteiger partial charge in [0.05, 0.1) is 12.7 Å². The average Bonchev–Trinajstić information content (AvgIpc) is 2.47. The zero-order valence-corrected chi connectivity index (χ0v) is 11.3. The molecule has 106 valence electrons. The van der Waals surface area contributed by atoms with E-state index in [9.17, 15) is 9.90 Å². The molecule has 1 heterocycles. The first kappa shape index (κ1) is 14.3. The van der Waals surface area contributed by atoms with Gasteiger partial charge >= 0.3 is 0 Å². The van der Waals surface area contributed by atoms with Crippen LogP contribution < -0.4 is 15.4 Å². The number of aliphatic hydroxyl groups is 1. The summed E-state index contributed by atoms with van der Waals surface area (Å²) in [5.41, 5.74) is -0.601. The van der Waals surface area contributed by atoms with Crippen molar-refractivity contribution in [3.8, 4) is 11.8 Å². The van der Waals surface area contributed by atoms with Crippen molar-refractivity contribution in [2.45, 2.75) is 18.4 Å². The maximum absolute atomic E-state index is 12.1. The Balaban J connectivity index is 2.14. The number of rotatable bonds is 3. The lowest BCUT2D eigenvalue weighted by molar-refractivity contribution is -0.135. The van der Waals surface area contributed by atoms with Gasteiger partial charge in [-0.05, 0) is 37.6 Å². The van der Waals surface area contributed by atoms with Crippen molar-refractivity contribution in [2.24, 2.45) is 0 Å². The fourth-order valence-electron chi connectivity index (χ4n) is 2.20. The summed E-state index contributed by atoms with van der Waals surface area (Å²) in [6.07, 6.45) is 1.17. The summed E-state index contributed by atoms with van der Waals surface area (Å²) < 4.78 is 5.04. The molecular weight excluding hydrogens is 258 g/mol. The number of benzene rings is 1. The molecule has 1 aliphatic heterocycles. The highest BCUT2D eigenvalue weighted by Gasteiger charge is 2.37. The average molecular weight is 275 g/mol. The molecule has 6 nitrogen and oxygen atoms in total. The summed E-state index contributed by atoms with van der Waals surface area (Å²) in [4.78, 5) is 12.1. The van der Waals surface area contributed by atoms with Crippen molar-refractivity contribution in [3.63, 3.8) is 0 Å². The summed E-state index contributed by atoms with van der Waals surface area (Å²) in [5.74, 6) is -0.0118. The highest BCUT2D eigenvalue weighted by atomic mass is 16.5. The van der Waals surface area contributed by atoms with Gasteiger partial charge in [-0.2, -0.15) is 5.26 Å². The van der Waals surface area contributed by atoms with Gasteiger partial charge < -0.3 is 20.5 Å². The largest absolute Gasteiger partial charge is 0.495 e. The minimum absolute atomic E-state index is 0.236. The SMILES string of the molecule is COc1ccc(NC(=O)C2(O)CCCNC2)cc1C#N. The van der Waals surface area contributed by atoms with E-state index in [2.05, 4.69) is 10.6 Å². The van der Waals surface area contributed by atoms with Crippen molar-refractivity contribution in [1.29, 1.82) is 5.26 Å². The maximum Gasteiger partial charge on any atom is 0.257 e. The number of amides is 1. The molecule has 0 radical (unpaired) electrons. The van der Waals surface area contributed by atoms with Gasteiger partial charge in [-0.15, -0.1) is 0 Å². The standard InChI is InChI=1S/C14H17N3O3/c1-20-12-4-3-11(7-10(12)8-15)17-13(18)14(19)5-2-6-16-9-14/h3-4,7,16,19H,2,5-6,9H2,1H3,(H,17,18). The minimum atomic E-state index is -1.40. The molecule has 0 spiro atoms. The molecule has 6 heteroatoms. The molecule has 1 saturated heterocycles. The van der Waals surface area contributed by atoms with E-state index in [4.69, 9.17) is 10.00 Å². The van der Waals surface area contributed by atoms with E-state index in [1.54, 1.807) is 12.1 Å². The summed E-state index contributed by atoms with van der Waals surface area (Å²) in [7, 11) is 1.48. The number of carbonyl (C=O) groups is 1. The number of ether oxygens (including phenoxy) is 1. The lowest BCUT2D eigenvalue weighted by atomic mass is 9.93. The molecule has 0 saturated carbocycles. The predicted molar refractivity (Wildman–Crippen MR) is 73.4 cm³/mol. The van der Waals surface area contributed by atoms with E-state index in [0.717, 1.165) is 13.0 Å². The molecular formula is C14H17N3O3. The Bertz CT molecular complexity index is 545. The van der Waals surface area contributed by atoms with Crippen molar-refractivity contribution in [3.05, 3.63) is 23.8 Å². The van der Waals surface area contributed by atoms with Gasteiger partial charge in [0.2, 0.25) is 0 Å². The van der Waals surface area contributed by atoms with Crippen LogP contribution in [0.5, 0.6) is 5.75 Å². The van der Waals surface area contributed by atoms with Gasteiger partial charge in [0.25, 0.3) is 5.91 Å². The Morgan fingerprint density at radius 1 is 1.60 bits per heavy atom. The summed E-state index contributed by atoms with van der Waals surface area (Å²) in [6.45, 7) is 1.04. The van der Waals surface area contributed by atoms with Crippen molar-refractivity contribution in [2.75, 3.05) is 25.5 Å². The fraction of sp³-hybridized carbons (Fsp3) is 0.429. The molecule has 0 aliphatic carbocycles. The topological polar surface area (TPSA) is 94.4 Å². The minimum Gasteiger partial charge on any atom is -0.495 e. The summed E-state index contributed by atoms with van der Waals surface area (Å²) >= 11 is 0. The van der Waals surface area contributed by atoms with E-state index in [-0.39, 0.29) is 6.54 Å². The van der Waals surface area contributed by atoms with Crippen LogP contribution in [0.4, 0.5) is 5.69 Å². The molecule has 0 aromatic heterocycles. The number of hydrogen-bond donors (Lipinski definition) is 3. The van der Waals surface area contributed by atoms with Gasteiger partial charge in [0.1, 0.15) is 11.8 Å². The van der Waals surface area contributed by atoms with Crippen LogP contribution in [0.3, 0.4) is 0 Å². The number of nitrogens with zero attached hydrogens (tertiary/aromatic N) is 1. The van der Waals surface area contributed by atoms with E-state index in [0.29, 0.717) is 23.4 Å². The molecule has 1 aromatic carbocycles. The molecule has 1 unspecified atom stereocenters. The van der Waals surface area contributed by atoms with Crippen LogP contribution in [-0.4, -0.2) is 36.8 Å². The van der Waals surface area contributed by atoms with E-state index in [1.807, 2.05) is 6.07 Å². The van der Waals surface area contributed by atoms with E-state index >= 15 is 0 Å². The summed E-state index contributed by atoms with van der Waals surface area (Å²) in [5, 5.41) is 24.9. The number of hydrogen-bond acceptors (Lipinski definition) is 5. The van der Waals surface area contributed by atoms with Crippen molar-refractivity contribution < 1.29 is 14.6 Å². The lowest BCUT2D eigenvalue weighted by Crippen LogP contribution is -2.53. The molecule has 1 amide bonds. The van der Waals surface area contributed by atoms with E-state index in [1.165, 1.54) is 13.2 Å². The molecule has 1 atom stereocenters. The number of piperidine rings is 1. The fourth-order valence-corrected chi connectivity index (χ4v) is 2.20. The third kappa shape index (κ3) is 2.90. The number of anilines is 1. The van der Waals surface area contributed by atoms with Crippen molar-refractivity contribution in [1.82, 2.24) is 5.32 Å². The number of carbonyl (C=O) groups excluding carboxylic acids is 1. The first-order valence-corrected chi connectivity index (χ1v) is 6.42. The smallest absolute Gasteiger partial charge is 0.257 e. The Hall–Kier alpha value is -2.10. The number of nitriles is 1. The van der Waals surface area contributed by atoms with Crippen LogP contribution in [0.15, 0.2) is 18.2 Å². The van der Waals surface area contributed by atoms with Gasteiger partial charge in [-0.3, -0.25) is 4.79 Å². The Labute approximate surface area is 117 Å². The highest BCUT2D eigenvalue weighted by Crippen LogP contribution is 2.23. The zero-order chi connectivity index (χ0) is 14.6. The Kier molecular flexibility index (Phi) is 4.23. The van der Waals surface area contributed by atoms with Crippen molar-refractivity contribution >= 4 is 11.6 Å². The second-order valence-corrected chi connectivity index (χ2v) is 4.79. The molecule has 1 aliphatic rings.